The number of thiazole rings is 1. The summed E-state index contributed by atoms with van der Waals surface area (Å²) in [5, 5.41) is 19.4. The SMILES string of the molecule is O=C(NCC1(O)CCCCCC1)NC(c1nccs1)C1CC1. The third-order valence-electron chi connectivity index (χ3n) is 4.71. The quantitative estimate of drug-likeness (QED) is 0.729. The predicted octanol–water partition coefficient (Wildman–Crippen LogP) is 2.98. The van der Waals surface area contributed by atoms with Gasteiger partial charge in [-0.25, -0.2) is 9.78 Å². The van der Waals surface area contributed by atoms with Crippen molar-refractivity contribution >= 4 is 17.4 Å². The molecule has 122 valence electrons. The molecule has 0 aromatic carbocycles. The lowest BCUT2D eigenvalue weighted by Crippen LogP contribution is -2.47. The number of carbonyl (C=O) groups is 1. The third-order valence-corrected chi connectivity index (χ3v) is 5.57. The molecule has 0 bridgehead atoms. The summed E-state index contributed by atoms with van der Waals surface area (Å²) in [5.74, 6) is 0.512. The van der Waals surface area contributed by atoms with Crippen LogP contribution in [0.2, 0.25) is 0 Å². The Morgan fingerprint density at radius 3 is 2.68 bits per heavy atom. The highest BCUT2D eigenvalue weighted by Gasteiger charge is 2.35. The standard InChI is InChI=1S/C16H25N3O2S/c20-15(18-11-16(21)7-3-1-2-4-8-16)19-13(12-5-6-12)14-17-9-10-22-14/h9-10,12-13,21H,1-8,11H2,(H2,18,19,20). The van der Waals surface area contributed by atoms with Crippen molar-refractivity contribution in [3.8, 4) is 0 Å². The van der Waals surface area contributed by atoms with E-state index in [0.29, 0.717) is 12.5 Å². The molecule has 1 atom stereocenters. The summed E-state index contributed by atoms with van der Waals surface area (Å²) in [6, 6.07) is -0.173. The summed E-state index contributed by atoms with van der Waals surface area (Å²) in [6.45, 7) is 0.341. The molecule has 2 aliphatic rings. The number of nitrogens with one attached hydrogen (secondary N) is 2. The Balaban J connectivity index is 1.51. The number of urea groups is 1. The number of hydrogen-bond donors (Lipinski definition) is 3. The van der Waals surface area contributed by atoms with Crippen LogP contribution in [0.4, 0.5) is 4.79 Å². The van der Waals surface area contributed by atoms with Crippen LogP contribution >= 0.6 is 11.3 Å². The number of nitrogens with zero attached hydrogens (tertiary/aromatic N) is 1. The van der Waals surface area contributed by atoms with E-state index < -0.39 is 5.60 Å². The average Bonchev–Trinajstić information content (AvgIpc) is 3.25. The molecule has 22 heavy (non-hydrogen) atoms. The smallest absolute Gasteiger partial charge is 0.315 e. The van der Waals surface area contributed by atoms with Gasteiger partial charge in [0.05, 0.1) is 11.6 Å². The van der Waals surface area contributed by atoms with E-state index in [1.807, 2.05) is 5.38 Å². The van der Waals surface area contributed by atoms with Crippen LogP contribution in [0.15, 0.2) is 11.6 Å². The van der Waals surface area contributed by atoms with Crippen LogP contribution in [-0.4, -0.2) is 28.3 Å². The molecule has 2 saturated carbocycles. The molecule has 1 unspecified atom stereocenters. The molecule has 2 aliphatic carbocycles. The Kier molecular flexibility index (Phi) is 4.98. The highest BCUT2D eigenvalue weighted by atomic mass is 32.1. The van der Waals surface area contributed by atoms with Gasteiger partial charge in [0.1, 0.15) is 5.01 Å². The molecule has 6 heteroatoms. The van der Waals surface area contributed by atoms with Gasteiger partial charge in [-0.15, -0.1) is 11.3 Å². The molecule has 0 saturated heterocycles. The van der Waals surface area contributed by atoms with Crippen molar-refractivity contribution in [1.82, 2.24) is 15.6 Å². The first-order valence-corrected chi connectivity index (χ1v) is 9.20. The van der Waals surface area contributed by atoms with Crippen LogP contribution in [0.25, 0.3) is 0 Å². The van der Waals surface area contributed by atoms with Crippen LogP contribution in [0, 0.1) is 5.92 Å². The summed E-state index contributed by atoms with van der Waals surface area (Å²) in [7, 11) is 0. The molecule has 1 heterocycles. The lowest BCUT2D eigenvalue weighted by Gasteiger charge is -2.27. The lowest BCUT2D eigenvalue weighted by atomic mass is 9.94. The molecule has 1 aromatic heterocycles. The van der Waals surface area contributed by atoms with Crippen LogP contribution in [0.3, 0.4) is 0 Å². The predicted molar refractivity (Wildman–Crippen MR) is 86.8 cm³/mol. The lowest BCUT2D eigenvalue weighted by molar-refractivity contribution is 0.0275. The van der Waals surface area contributed by atoms with E-state index in [1.165, 1.54) is 12.8 Å². The second-order valence-corrected chi connectivity index (χ2v) is 7.58. The van der Waals surface area contributed by atoms with E-state index in [1.54, 1.807) is 17.5 Å². The first-order valence-electron chi connectivity index (χ1n) is 8.32. The topological polar surface area (TPSA) is 74.2 Å². The number of carbonyl (C=O) groups excluding carboxylic acids is 1. The number of aliphatic hydroxyl groups is 1. The molecule has 3 N–H and O–H groups in total. The van der Waals surface area contributed by atoms with E-state index in [4.69, 9.17) is 0 Å². The Morgan fingerprint density at radius 1 is 1.36 bits per heavy atom. The zero-order chi connectivity index (χ0) is 15.4. The van der Waals surface area contributed by atoms with E-state index in [9.17, 15) is 9.90 Å². The van der Waals surface area contributed by atoms with Gasteiger partial charge in [0, 0.05) is 18.1 Å². The van der Waals surface area contributed by atoms with Crippen LogP contribution in [-0.2, 0) is 0 Å². The fourth-order valence-electron chi connectivity index (χ4n) is 3.20. The maximum Gasteiger partial charge on any atom is 0.315 e. The second kappa shape index (κ2) is 6.96. The van der Waals surface area contributed by atoms with Gasteiger partial charge >= 0.3 is 6.03 Å². The van der Waals surface area contributed by atoms with Gasteiger partial charge < -0.3 is 15.7 Å². The van der Waals surface area contributed by atoms with E-state index in [2.05, 4.69) is 15.6 Å². The van der Waals surface area contributed by atoms with Crippen molar-refractivity contribution in [2.75, 3.05) is 6.54 Å². The van der Waals surface area contributed by atoms with Crippen LogP contribution in [0.1, 0.15) is 62.4 Å². The molecule has 0 radical (unpaired) electrons. The molecular formula is C16H25N3O2S. The third kappa shape index (κ3) is 4.20. The van der Waals surface area contributed by atoms with Crippen molar-refractivity contribution < 1.29 is 9.90 Å². The number of aromatic nitrogens is 1. The molecule has 1 aromatic rings. The van der Waals surface area contributed by atoms with Crippen molar-refractivity contribution in [3.63, 3.8) is 0 Å². The van der Waals surface area contributed by atoms with E-state index >= 15 is 0 Å². The molecule has 5 nitrogen and oxygen atoms in total. The van der Waals surface area contributed by atoms with Crippen molar-refractivity contribution in [1.29, 1.82) is 0 Å². The highest BCUT2D eigenvalue weighted by molar-refractivity contribution is 7.09. The summed E-state index contributed by atoms with van der Waals surface area (Å²) in [4.78, 5) is 16.5. The van der Waals surface area contributed by atoms with E-state index in [0.717, 1.165) is 43.5 Å². The Bertz CT molecular complexity index is 480. The summed E-state index contributed by atoms with van der Waals surface area (Å²) >= 11 is 1.59. The Morgan fingerprint density at radius 2 is 2.09 bits per heavy atom. The summed E-state index contributed by atoms with van der Waals surface area (Å²) < 4.78 is 0. The number of amides is 2. The van der Waals surface area contributed by atoms with E-state index in [-0.39, 0.29) is 12.1 Å². The maximum absolute atomic E-state index is 12.2. The normalized spacial score (nSPS) is 22.6. The van der Waals surface area contributed by atoms with Gasteiger partial charge in [0.2, 0.25) is 0 Å². The zero-order valence-electron chi connectivity index (χ0n) is 12.9. The molecular weight excluding hydrogens is 298 g/mol. The van der Waals surface area contributed by atoms with Crippen molar-refractivity contribution in [2.24, 2.45) is 5.92 Å². The van der Waals surface area contributed by atoms with Gasteiger partial charge in [0.25, 0.3) is 0 Å². The van der Waals surface area contributed by atoms with Gasteiger partial charge in [-0.05, 0) is 31.6 Å². The summed E-state index contributed by atoms with van der Waals surface area (Å²) in [5.41, 5.74) is -0.732. The largest absolute Gasteiger partial charge is 0.388 e. The number of rotatable bonds is 5. The van der Waals surface area contributed by atoms with Crippen LogP contribution < -0.4 is 10.6 Å². The number of hydrogen-bond acceptors (Lipinski definition) is 4. The Hall–Kier alpha value is -1.14. The first-order chi connectivity index (χ1) is 10.7. The maximum atomic E-state index is 12.2. The molecule has 0 aliphatic heterocycles. The molecule has 3 rings (SSSR count). The van der Waals surface area contributed by atoms with Crippen molar-refractivity contribution in [2.45, 2.75) is 63.0 Å². The first kappa shape index (κ1) is 15.7. The minimum absolute atomic E-state index is 0.0174. The molecule has 0 spiro atoms. The van der Waals surface area contributed by atoms with Gasteiger partial charge in [-0.1, -0.05) is 25.7 Å². The fraction of sp³-hybridized carbons (Fsp3) is 0.750. The van der Waals surface area contributed by atoms with Gasteiger partial charge in [-0.2, -0.15) is 0 Å². The molecule has 2 amide bonds. The van der Waals surface area contributed by atoms with Crippen LogP contribution in [0.5, 0.6) is 0 Å². The van der Waals surface area contributed by atoms with Gasteiger partial charge in [-0.3, -0.25) is 0 Å². The zero-order valence-corrected chi connectivity index (χ0v) is 13.7. The monoisotopic (exact) mass is 323 g/mol. The Labute approximate surface area is 135 Å². The average molecular weight is 323 g/mol. The summed E-state index contributed by atoms with van der Waals surface area (Å²) in [6.07, 6.45) is 10.1. The van der Waals surface area contributed by atoms with Crippen molar-refractivity contribution in [3.05, 3.63) is 16.6 Å². The minimum atomic E-state index is -0.732. The van der Waals surface area contributed by atoms with Gasteiger partial charge in [0.15, 0.2) is 0 Å². The molecule has 2 fully saturated rings. The minimum Gasteiger partial charge on any atom is -0.388 e. The second-order valence-electron chi connectivity index (χ2n) is 6.65. The highest BCUT2D eigenvalue weighted by Crippen LogP contribution is 2.41. The fourth-order valence-corrected chi connectivity index (χ4v) is 3.98.